The predicted octanol–water partition coefficient (Wildman–Crippen LogP) is 4.44. The molecule has 2 aromatic heterocycles. The number of thiocarbonyl (C=S) groups is 1. The number of hydrogen-bond donors (Lipinski definition) is 0. The molecule has 0 atom stereocenters. The van der Waals surface area contributed by atoms with Gasteiger partial charge in [-0.05, 0) is 74.5 Å². The summed E-state index contributed by atoms with van der Waals surface area (Å²) in [7, 11) is 0. The highest BCUT2D eigenvalue weighted by Crippen LogP contribution is 2.28. The molecule has 1 fully saturated rings. The van der Waals surface area contributed by atoms with Gasteiger partial charge in [-0.2, -0.15) is 0 Å². The van der Waals surface area contributed by atoms with E-state index >= 15 is 0 Å². The largest absolute Gasteiger partial charge is 0.318 e. The normalized spacial score (nSPS) is 15.7. The first-order valence-corrected chi connectivity index (χ1v) is 10.9. The zero-order valence-electron chi connectivity index (χ0n) is 18.3. The number of benzene rings is 1. The number of rotatable bonds is 5. The molecule has 0 N–H and O–H groups in total. The van der Waals surface area contributed by atoms with Crippen molar-refractivity contribution in [3.63, 3.8) is 0 Å². The second-order valence-corrected chi connectivity index (χ2v) is 8.01. The molecule has 1 aromatic carbocycles. The van der Waals surface area contributed by atoms with Crippen molar-refractivity contribution in [2.45, 2.75) is 27.2 Å². The van der Waals surface area contributed by atoms with Crippen LogP contribution in [0.25, 0.3) is 11.8 Å². The maximum atomic E-state index is 13.5. The molecular weight excluding hydrogens is 420 g/mol. The Bertz CT molecular complexity index is 1220. The number of amides is 2. The molecule has 0 unspecified atom stereocenters. The molecule has 3 aromatic rings. The summed E-state index contributed by atoms with van der Waals surface area (Å²) in [6.07, 6.45) is 5.89. The summed E-state index contributed by atoms with van der Waals surface area (Å²) < 4.78 is 2.08. The Balaban J connectivity index is 1.82. The summed E-state index contributed by atoms with van der Waals surface area (Å²) in [4.78, 5) is 33.8. The van der Waals surface area contributed by atoms with E-state index < -0.39 is 5.91 Å². The number of carbonyl (C=O) groups excluding carboxylic acids is 2. The summed E-state index contributed by atoms with van der Waals surface area (Å²) >= 11 is 5.56. The first kappa shape index (κ1) is 21.6. The van der Waals surface area contributed by atoms with E-state index in [1.165, 1.54) is 9.80 Å². The van der Waals surface area contributed by atoms with Gasteiger partial charge >= 0.3 is 0 Å². The highest BCUT2D eigenvalue weighted by Gasteiger charge is 2.40. The fourth-order valence-corrected chi connectivity index (χ4v) is 4.34. The zero-order valence-corrected chi connectivity index (χ0v) is 19.1. The van der Waals surface area contributed by atoms with Crippen LogP contribution in [0, 0.1) is 13.8 Å². The number of para-hydroxylation sites is 1. The van der Waals surface area contributed by atoms with Crippen LogP contribution in [0.5, 0.6) is 0 Å². The van der Waals surface area contributed by atoms with E-state index in [2.05, 4.69) is 9.55 Å². The number of carbonyl (C=O) groups is 2. The summed E-state index contributed by atoms with van der Waals surface area (Å²) in [5.74, 6) is -0.769. The van der Waals surface area contributed by atoms with Crippen molar-refractivity contribution in [1.29, 1.82) is 0 Å². The summed E-state index contributed by atoms with van der Waals surface area (Å²) in [5.41, 5.74) is 4.46. The van der Waals surface area contributed by atoms with Gasteiger partial charge in [-0.25, -0.2) is 0 Å². The van der Waals surface area contributed by atoms with Crippen molar-refractivity contribution in [2.24, 2.45) is 0 Å². The third kappa shape index (κ3) is 3.76. The smallest absolute Gasteiger partial charge is 0.270 e. The first-order chi connectivity index (χ1) is 15.4. The lowest BCUT2D eigenvalue weighted by atomic mass is 10.1. The van der Waals surface area contributed by atoms with Crippen molar-refractivity contribution in [3.8, 4) is 5.69 Å². The molecule has 3 heterocycles. The van der Waals surface area contributed by atoms with Crippen LogP contribution < -0.4 is 4.90 Å². The Labute approximate surface area is 192 Å². The van der Waals surface area contributed by atoms with E-state index in [1.54, 1.807) is 18.5 Å². The summed E-state index contributed by atoms with van der Waals surface area (Å²) in [5, 5.41) is 0.215. The lowest BCUT2D eigenvalue weighted by Crippen LogP contribution is -2.56. The van der Waals surface area contributed by atoms with Crippen LogP contribution in [0.4, 0.5) is 5.69 Å². The molecule has 0 aliphatic carbocycles. The fraction of sp³-hybridized carbons (Fsp3) is 0.200. The quantitative estimate of drug-likeness (QED) is 0.332. The molecule has 2 amide bonds. The summed E-state index contributed by atoms with van der Waals surface area (Å²) in [6.45, 7) is 6.39. The van der Waals surface area contributed by atoms with Gasteiger partial charge in [0.25, 0.3) is 11.8 Å². The molecule has 6 nitrogen and oxygen atoms in total. The second-order valence-electron chi connectivity index (χ2n) is 7.64. The molecule has 162 valence electrons. The first-order valence-electron chi connectivity index (χ1n) is 10.5. The van der Waals surface area contributed by atoms with E-state index in [0.717, 1.165) is 29.1 Å². The lowest BCUT2D eigenvalue weighted by molar-refractivity contribution is -0.127. The standard InChI is InChI=1S/C25H24N4O2S/c1-4-14-27-23(30)22(24(31)29(25(27)32)20-8-6-5-7-9-20)16-19-15-17(2)28(18(19)3)21-10-12-26-13-11-21/h5-13,15-16H,4,14H2,1-3H3/b22-16+. The van der Waals surface area contributed by atoms with Gasteiger partial charge in [0.1, 0.15) is 5.57 Å². The van der Waals surface area contributed by atoms with Gasteiger partial charge in [0.2, 0.25) is 0 Å². The number of nitrogens with zero attached hydrogens (tertiary/aromatic N) is 4. The molecule has 1 saturated heterocycles. The van der Waals surface area contributed by atoms with Crippen LogP contribution in [-0.2, 0) is 9.59 Å². The number of aryl methyl sites for hydroxylation is 1. The van der Waals surface area contributed by atoms with Gasteiger partial charge in [0, 0.05) is 36.0 Å². The van der Waals surface area contributed by atoms with Crippen LogP contribution in [0.2, 0.25) is 0 Å². The Morgan fingerprint density at radius 1 is 0.969 bits per heavy atom. The van der Waals surface area contributed by atoms with Gasteiger partial charge in [-0.15, -0.1) is 0 Å². The highest BCUT2D eigenvalue weighted by molar-refractivity contribution is 7.80. The molecule has 0 saturated carbocycles. The minimum absolute atomic E-state index is 0.103. The SMILES string of the molecule is CCCN1C(=O)/C(=C\c2cc(C)n(-c3ccncc3)c2C)C(=O)N(c2ccccc2)C1=S. The van der Waals surface area contributed by atoms with Crippen molar-refractivity contribution in [2.75, 3.05) is 11.4 Å². The van der Waals surface area contributed by atoms with Gasteiger partial charge in [-0.1, -0.05) is 25.1 Å². The van der Waals surface area contributed by atoms with E-state index in [9.17, 15) is 9.59 Å². The Hall–Kier alpha value is -3.58. The maximum absolute atomic E-state index is 13.5. The average molecular weight is 445 g/mol. The van der Waals surface area contributed by atoms with Crippen LogP contribution >= 0.6 is 12.2 Å². The molecule has 0 radical (unpaired) electrons. The zero-order chi connectivity index (χ0) is 22.8. The molecule has 1 aliphatic heterocycles. The third-order valence-corrected chi connectivity index (χ3v) is 5.89. The topological polar surface area (TPSA) is 58.4 Å². The van der Waals surface area contributed by atoms with Crippen molar-refractivity contribution in [3.05, 3.63) is 83.4 Å². The molecule has 0 spiro atoms. The molecule has 0 bridgehead atoms. The Kier molecular flexibility index (Phi) is 6.01. The Morgan fingerprint density at radius 2 is 1.66 bits per heavy atom. The van der Waals surface area contributed by atoms with Crippen molar-refractivity contribution < 1.29 is 9.59 Å². The van der Waals surface area contributed by atoms with Gasteiger partial charge in [0.05, 0.1) is 5.69 Å². The number of anilines is 1. The third-order valence-electron chi connectivity index (χ3n) is 5.48. The average Bonchev–Trinajstić information content (AvgIpc) is 3.08. The monoisotopic (exact) mass is 444 g/mol. The van der Waals surface area contributed by atoms with Crippen LogP contribution in [0.3, 0.4) is 0 Å². The number of pyridine rings is 1. The summed E-state index contributed by atoms with van der Waals surface area (Å²) in [6, 6.07) is 15.0. The lowest BCUT2D eigenvalue weighted by Gasteiger charge is -2.36. The fourth-order valence-electron chi connectivity index (χ4n) is 3.98. The van der Waals surface area contributed by atoms with Crippen LogP contribution in [-0.4, -0.2) is 37.9 Å². The minimum atomic E-state index is -0.410. The molecular formula is C25H24N4O2S. The second kappa shape index (κ2) is 8.88. The highest BCUT2D eigenvalue weighted by atomic mass is 32.1. The van der Waals surface area contributed by atoms with Gasteiger partial charge in [0.15, 0.2) is 5.11 Å². The minimum Gasteiger partial charge on any atom is -0.318 e. The van der Waals surface area contributed by atoms with E-state index in [0.29, 0.717) is 12.2 Å². The number of aromatic nitrogens is 2. The maximum Gasteiger partial charge on any atom is 0.270 e. The van der Waals surface area contributed by atoms with Crippen LogP contribution in [0.15, 0.2) is 66.5 Å². The molecule has 4 rings (SSSR count). The predicted molar refractivity (Wildman–Crippen MR) is 130 cm³/mol. The van der Waals surface area contributed by atoms with E-state index in [4.69, 9.17) is 12.2 Å². The van der Waals surface area contributed by atoms with Gasteiger partial charge < -0.3 is 4.57 Å². The Morgan fingerprint density at radius 3 is 2.31 bits per heavy atom. The molecule has 32 heavy (non-hydrogen) atoms. The van der Waals surface area contributed by atoms with E-state index in [1.807, 2.05) is 69.3 Å². The molecule has 1 aliphatic rings. The van der Waals surface area contributed by atoms with Gasteiger partial charge in [-0.3, -0.25) is 24.4 Å². The van der Waals surface area contributed by atoms with Crippen LogP contribution in [0.1, 0.15) is 30.3 Å². The van der Waals surface area contributed by atoms with E-state index in [-0.39, 0.29) is 16.6 Å². The van der Waals surface area contributed by atoms with Crippen molar-refractivity contribution >= 4 is 40.9 Å². The molecule has 7 heteroatoms. The van der Waals surface area contributed by atoms with Crippen molar-refractivity contribution in [1.82, 2.24) is 14.5 Å². The number of hydrogen-bond acceptors (Lipinski definition) is 4.